The molecule has 4 rings (SSSR count). The first-order valence-electron chi connectivity index (χ1n) is 10.4. The van der Waals surface area contributed by atoms with E-state index in [4.69, 9.17) is 9.84 Å². The van der Waals surface area contributed by atoms with Gasteiger partial charge >= 0.3 is 6.09 Å². The molecule has 6 nitrogen and oxygen atoms in total. The van der Waals surface area contributed by atoms with Crippen LogP contribution in [-0.2, 0) is 0 Å². The number of likely N-dealkylation sites (tertiary alicyclic amines) is 1. The molecule has 28 heavy (non-hydrogen) atoms. The van der Waals surface area contributed by atoms with E-state index in [0.29, 0.717) is 23.3 Å². The third-order valence-electron chi connectivity index (χ3n) is 7.03. The van der Waals surface area contributed by atoms with Crippen LogP contribution in [0.2, 0.25) is 0 Å². The highest BCUT2D eigenvalue weighted by Gasteiger charge is 2.39. The molecule has 6 heteroatoms. The molecule has 1 aliphatic carbocycles. The molecule has 0 radical (unpaired) electrons. The second-order valence-electron chi connectivity index (χ2n) is 8.66. The van der Waals surface area contributed by atoms with Gasteiger partial charge in [0.05, 0.1) is 18.2 Å². The molecule has 2 atom stereocenters. The summed E-state index contributed by atoms with van der Waals surface area (Å²) in [6.07, 6.45) is 4.59. The number of hydrogen-bond donors (Lipinski definition) is 1. The lowest BCUT2D eigenvalue weighted by Crippen LogP contribution is -2.39. The Morgan fingerprint density at radius 1 is 1.32 bits per heavy atom. The number of rotatable bonds is 4. The SMILES string of the molecule is CN(C(=O)O)C1CCC(CCN2C[C@H]3COc4ccc(C#N)cc4[C@@H]3C2)CC1. The van der Waals surface area contributed by atoms with Crippen LogP contribution in [0.15, 0.2) is 18.2 Å². The first-order valence-corrected chi connectivity index (χ1v) is 10.4. The van der Waals surface area contributed by atoms with Gasteiger partial charge in [0.1, 0.15) is 5.75 Å². The molecule has 1 saturated heterocycles. The zero-order valence-electron chi connectivity index (χ0n) is 16.5. The molecule has 0 aromatic heterocycles. The smallest absolute Gasteiger partial charge is 0.407 e. The fourth-order valence-electron chi connectivity index (χ4n) is 5.24. The van der Waals surface area contributed by atoms with E-state index in [0.717, 1.165) is 57.7 Å². The number of ether oxygens (including phenoxy) is 1. The molecule has 3 aliphatic rings. The van der Waals surface area contributed by atoms with E-state index >= 15 is 0 Å². The molecule has 1 aromatic carbocycles. The van der Waals surface area contributed by atoms with Gasteiger partial charge in [-0.15, -0.1) is 0 Å². The lowest BCUT2D eigenvalue weighted by atomic mass is 9.83. The number of fused-ring (bicyclic) bond motifs is 3. The van der Waals surface area contributed by atoms with E-state index in [1.807, 2.05) is 18.2 Å². The molecule has 150 valence electrons. The van der Waals surface area contributed by atoms with Gasteiger partial charge in [0.2, 0.25) is 0 Å². The lowest BCUT2D eigenvalue weighted by Gasteiger charge is -2.33. The summed E-state index contributed by atoms with van der Waals surface area (Å²) in [6.45, 7) is 3.99. The van der Waals surface area contributed by atoms with Gasteiger partial charge in [0.25, 0.3) is 0 Å². The fourth-order valence-corrected chi connectivity index (χ4v) is 5.24. The van der Waals surface area contributed by atoms with Crippen molar-refractivity contribution in [1.82, 2.24) is 9.80 Å². The van der Waals surface area contributed by atoms with E-state index in [1.165, 1.54) is 16.9 Å². The van der Waals surface area contributed by atoms with E-state index in [-0.39, 0.29) is 6.04 Å². The number of carboxylic acid groups (broad SMARTS) is 1. The minimum Gasteiger partial charge on any atom is -0.493 e. The monoisotopic (exact) mass is 383 g/mol. The van der Waals surface area contributed by atoms with Crippen LogP contribution in [0, 0.1) is 23.2 Å². The quantitative estimate of drug-likeness (QED) is 0.861. The summed E-state index contributed by atoms with van der Waals surface area (Å²) in [6, 6.07) is 8.22. The molecule has 0 unspecified atom stereocenters. The third kappa shape index (κ3) is 3.81. The van der Waals surface area contributed by atoms with Crippen LogP contribution in [0.25, 0.3) is 0 Å². The standard InChI is InChI=1S/C22H29N3O3/c1-24(22(26)27)18-5-2-15(3-6-18)8-9-25-12-17-14-28-21-7-4-16(11-23)10-19(21)20(17)13-25/h4,7,10,15,17-18,20H,2-3,5-6,8-9,12-14H2,1H3,(H,26,27)/t15?,17-,18?,20+/m0/s1. The summed E-state index contributed by atoms with van der Waals surface area (Å²) in [4.78, 5) is 15.2. The predicted octanol–water partition coefficient (Wildman–Crippen LogP) is 3.52. The molecular formula is C22H29N3O3. The normalized spacial score (nSPS) is 29.3. The Bertz CT molecular complexity index is 767. The molecule has 1 N–H and O–H groups in total. The summed E-state index contributed by atoms with van der Waals surface area (Å²) in [7, 11) is 1.69. The van der Waals surface area contributed by atoms with Crippen molar-refractivity contribution >= 4 is 6.09 Å². The number of carbonyl (C=O) groups is 1. The van der Waals surface area contributed by atoms with Gasteiger partial charge in [-0.25, -0.2) is 4.79 Å². The molecule has 2 aliphatic heterocycles. The van der Waals surface area contributed by atoms with Crippen molar-refractivity contribution < 1.29 is 14.6 Å². The highest BCUT2D eigenvalue weighted by molar-refractivity contribution is 5.64. The van der Waals surface area contributed by atoms with E-state index in [9.17, 15) is 10.1 Å². The Labute approximate surface area is 166 Å². The number of benzene rings is 1. The minimum absolute atomic E-state index is 0.186. The largest absolute Gasteiger partial charge is 0.493 e. The summed E-state index contributed by atoms with van der Waals surface area (Å²) in [5.74, 6) is 2.64. The first kappa shape index (κ1) is 19.1. The summed E-state index contributed by atoms with van der Waals surface area (Å²) in [5.41, 5.74) is 1.92. The van der Waals surface area contributed by atoms with Crippen molar-refractivity contribution in [3.05, 3.63) is 29.3 Å². The number of hydrogen-bond acceptors (Lipinski definition) is 4. The van der Waals surface area contributed by atoms with Gasteiger partial charge in [-0.3, -0.25) is 0 Å². The highest BCUT2D eigenvalue weighted by Crippen LogP contribution is 2.42. The summed E-state index contributed by atoms with van der Waals surface area (Å²) < 4.78 is 5.94. The van der Waals surface area contributed by atoms with Gasteiger partial charge in [-0.1, -0.05) is 0 Å². The number of nitrogens with zero attached hydrogens (tertiary/aromatic N) is 3. The molecule has 0 spiro atoms. The van der Waals surface area contributed by atoms with Gasteiger partial charge < -0.3 is 19.6 Å². The third-order valence-corrected chi connectivity index (χ3v) is 7.03. The van der Waals surface area contributed by atoms with Crippen LogP contribution in [-0.4, -0.2) is 60.3 Å². The van der Waals surface area contributed by atoms with Crippen molar-refractivity contribution in [3.63, 3.8) is 0 Å². The average molecular weight is 383 g/mol. The Kier molecular flexibility index (Phi) is 5.45. The van der Waals surface area contributed by atoms with Crippen molar-refractivity contribution in [3.8, 4) is 11.8 Å². The minimum atomic E-state index is -0.815. The van der Waals surface area contributed by atoms with Gasteiger partial charge in [-0.2, -0.15) is 5.26 Å². The van der Waals surface area contributed by atoms with Crippen molar-refractivity contribution in [2.24, 2.45) is 11.8 Å². The second-order valence-corrected chi connectivity index (χ2v) is 8.66. The van der Waals surface area contributed by atoms with Gasteiger partial charge in [0.15, 0.2) is 0 Å². The number of amides is 1. The Balaban J connectivity index is 1.29. The van der Waals surface area contributed by atoms with Crippen molar-refractivity contribution in [1.29, 1.82) is 5.26 Å². The zero-order chi connectivity index (χ0) is 19.7. The summed E-state index contributed by atoms with van der Waals surface area (Å²) in [5, 5.41) is 18.3. The van der Waals surface area contributed by atoms with E-state index in [2.05, 4.69) is 11.0 Å². The maximum absolute atomic E-state index is 11.1. The van der Waals surface area contributed by atoms with Gasteiger partial charge in [-0.05, 0) is 62.8 Å². The number of nitriles is 1. The van der Waals surface area contributed by atoms with Crippen molar-refractivity contribution in [2.75, 3.05) is 33.3 Å². The maximum atomic E-state index is 11.1. The fraction of sp³-hybridized carbons (Fsp3) is 0.636. The predicted molar refractivity (Wildman–Crippen MR) is 105 cm³/mol. The van der Waals surface area contributed by atoms with E-state index in [1.54, 1.807) is 7.05 Å². The van der Waals surface area contributed by atoms with Crippen LogP contribution in [0.4, 0.5) is 4.79 Å². The average Bonchev–Trinajstić information content (AvgIpc) is 3.15. The molecular weight excluding hydrogens is 354 g/mol. The van der Waals surface area contributed by atoms with Crippen LogP contribution < -0.4 is 4.74 Å². The molecule has 0 bridgehead atoms. The topological polar surface area (TPSA) is 76.8 Å². The molecule has 1 saturated carbocycles. The Morgan fingerprint density at radius 3 is 2.82 bits per heavy atom. The van der Waals surface area contributed by atoms with Gasteiger partial charge in [0, 0.05) is 43.6 Å². The van der Waals surface area contributed by atoms with Crippen LogP contribution in [0.1, 0.15) is 49.1 Å². The Morgan fingerprint density at radius 2 is 2.11 bits per heavy atom. The Hall–Kier alpha value is -2.26. The lowest BCUT2D eigenvalue weighted by molar-refractivity contribution is 0.116. The van der Waals surface area contributed by atoms with E-state index < -0.39 is 6.09 Å². The van der Waals surface area contributed by atoms with Crippen molar-refractivity contribution in [2.45, 2.75) is 44.1 Å². The maximum Gasteiger partial charge on any atom is 0.407 e. The zero-order valence-corrected chi connectivity index (χ0v) is 16.5. The van der Waals surface area contributed by atoms with Crippen LogP contribution in [0.5, 0.6) is 5.75 Å². The highest BCUT2D eigenvalue weighted by atomic mass is 16.5. The molecule has 1 amide bonds. The molecule has 2 fully saturated rings. The molecule has 1 aromatic rings. The second kappa shape index (κ2) is 8.00. The van der Waals surface area contributed by atoms with Crippen LogP contribution >= 0.6 is 0 Å². The molecule has 2 heterocycles. The summed E-state index contributed by atoms with van der Waals surface area (Å²) >= 11 is 0. The first-order chi connectivity index (χ1) is 13.5. The van der Waals surface area contributed by atoms with Crippen LogP contribution in [0.3, 0.4) is 0 Å².